The van der Waals surface area contributed by atoms with Gasteiger partial charge in [0, 0.05) is 22.3 Å². The van der Waals surface area contributed by atoms with Gasteiger partial charge in [-0.15, -0.1) is 0 Å². The summed E-state index contributed by atoms with van der Waals surface area (Å²) in [4.78, 5) is 14.0. The third-order valence-electron chi connectivity index (χ3n) is 3.65. The van der Waals surface area contributed by atoms with Crippen molar-refractivity contribution in [3.8, 4) is 0 Å². The number of amides is 1. The number of nitrogens with zero attached hydrogens (tertiary/aromatic N) is 1. The van der Waals surface area contributed by atoms with Gasteiger partial charge in [-0.25, -0.2) is 4.39 Å². The highest BCUT2D eigenvalue weighted by molar-refractivity contribution is 9.10. The fourth-order valence-electron chi connectivity index (χ4n) is 2.57. The van der Waals surface area contributed by atoms with Crippen LogP contribution in [0.5, 0.6) is 0 Å². The zero-order valence-electron chi connectivity index (χ0n) is 11.3. The molecule has 108 valence electrons. The summed E-state index contributed by atoms with van der Waals surface area (Å²) in [6.07, 6.45) is 1.18. The van der Waals surface area contributed by atoms with Gasteiger partial charge < -0.3 is 10.6 Å². The van der Waals surface area contributed by atoms with Gasteiger partial charge in [0.05, 0.1) is 6.54 Å². The molecule has 21 heavy (non-hydrogen) atoms. The van der Waals surface area contributed by atoms with Crippen molar-refractivity contribution in [1.29, 1.82) is 0 Å². The number of carbonyl (C=O) groups excluding carboxylic acids is 1. The van der Waals surface area contributed by atoms with Crippen molar-refractivity contribution in [2.24, 2.45) is 0 Å². The van der Waals surface area contributed by atoms with Crippen LogP contribution >= 0.6 is 15.9 Å². The molecule has 2 aromatic rings. The van der Waals surface area contributed by atoms with Crippen LogP contribution in [-0.2, 0) is 17.8 Å². The van der Waals surface area contributed by atoms with Gasteiger partial charge >= 0.3 is 0 Å². The molecular formula is C16H14BrFN2O. The number of hydrogen-bond donors (Lipinski definition) is 1. The van der Waals surface area contributed by atoms with Gasteiger partial charge in [-0.2, -0.15) is 0 Å². The SMILES string of the molecule is Nc1ccc2c(c1)CCC(=O)N2Cc1ccc(F)cc1Br. The molecule has 2 aromatic carbocycles. The van der Waals surface area contributed by atoms with Crippen LogP contribution < -0.4 is 10.6 Å². The van der Waals surface area contributed by atoms with E-state index in [2.05, 4.69) is 15.9 Å². The molecule has 0 atom stereocenters. The predicted molar refractivity (Wildman–Crippen MR) is 84.5 cm³/mol. The van der Waals surface area contributed by atoms with Crippen molar-refractivity contribution < 1.29 is 9.18 Å². The normalized spacial score (nSPS) is 14.2. The van der Waals surface area contributed by atoms with E-state index in [4.69, 9.17) is 5.73 Å². The Morgan fingerprint density at radius 1 is 1.19 bits per heavy atom. The third kappa shape index (κ3) is 2.78. The summed E-state index contributed by atoms with van der Waals surface area (Å²) in [7, 11) is 0. The van der Waals surface area contributed by atoms with Gasteiger partial charge in [0.25, 0.3) is 0 Å². The molecule has 0 radical (unpaired) electrons. The van der Waals surface area contributed by atoms with Crippen LogP contribution in [0.2, 0.25) is 0 Å². The molecule has 1 aliphatic heterocycles. The third-order valence-corrected chi connectivity index (χ3v) is 4.39. The Kier molecular flexibility index (Phi) is 3.68. The molecular weight excluding hydrogens is 335 g/mol. The van der Waals surface area contributed by atoms with Crippen molar-refractivity contribution in [2.45, 2.75) is 19.4 Å². The summed E-state index contributed by atoms with van der Waals surface area (Å²) in [5.74, 6) is -0.229. The lowest BCUT2D eigenvalue weighted by molar-refractivity contribution is -0.119. The molecule has 0 unspecified atom stereocenters. The van der Waals surface area contributed by atoms with Crippen molar-refractivity contribution in [2.75, 3.05) is 10.6 Å². The molecule has 0 saturated carbocycles. The summed E-state index contributed by atoms with van der Waals surface area (Å²) >= 11 is 3.35. The largest absolute Gasteiger partial charge is 0.399 e. The Bertz CT molecular complexity index is 717. The van der Waals surface area contributed by atoms with Crippen LogP contribution in [0, 0.1) is 5.82 Å². The first kappa shape index (κ1) is 14.1. The number of rotatable bonds is 2. The standard InChI is InChI=1S/C16H14BrFN2O/c17-14-8-12(18)3-1-11(14)9-20-15-5-4-13(19)7-10(15)2-6-16(20)21/h1,3-5,7-8H,2,6,9,19H2. The topological polar surface area (TPSA) is 46.3 Å². The van der Waals surface area contributed by atoms with E-state index in [0.29, 0.717) is 29.5 Å². The smallest absolute Gasteiger partial charge is 0.227 e. The molecule has 3 rings (SSSR count). The highest BCUT2D eigenvalue weighted by Gasteiger charge is 2.24. The van der Waals surface area contributed by atoms with E-state index in [0.717, 1.165) is 16.8 Å². The second kappa shape index (κ2) is 5.48. The van der Waals surface area contributed by atoms with Crippen molar-refractivity contribution in [3.63, 3.8) is 0 Å². The molecule has 1 aliphatic rings. The second-order valence-electron chi connectivity index (χ2n) is 5.10. The average Bonchev–Trinajstić information content (AvgIpc) is 2.44. The van der Waals surface area contributed by atoms with Gasteiger partial charge in [0.1, 0.15) is 5.82 Å². The minimum absolute atomic E-state index is 0.0727. The molecule has 0 saturated heterocycles. The first-order valence-electron chi connectivity index (χ1n) is 6.67. The Hall–Kier alpha value is -1.88. The fraction of sp³-hybridized carbons (Fsp3) is 0.188. The Labute approximate surface area is 130 Å². The van der Waals surface area contributed by atoms with E-state index in [1.807, 2.05) is 12.1 Å². The van der Waals surface area contributed by atoms with E-state index in [1.54, 1.807) is 17.0 Å². The number of nitrogen functional groups attached to an aromatic ring is 1. The molecule has 1 amide bonds. The molecule has 0 fully saturated rings. The van der Waals surface area contributed by atoms with Gasteiger partial charge in [0.2, 0.25) is 5.91 Å². The second-order valence-corrected chi connectivity index (χ2v) is 5.96. The van der Waals surface area contributed by atoms with Gasteiger partial charge in [-0.1, -0.05) is 22.0 Å². The van der Waals surface area contributed by atoms with Crippen LogP contribution in [-0.4, -0.2) is 5.91 Å². The summed E-state index contributed by atoms with van der Waals surface area (Å²) in [6.45, 7) is 0.413. The molecule has 0 aliphatic carbocycles. The van der Waals surface area contributed by atoms with Gasteiger partial charge in [-0.05, 0) is 47.9 Å². The Balaban J connectivity index is 1.96. The Morgan fingerprint density at radius 3 is 2.76 bits per heavy atom. The lowest BCUT2D eigenvalue weighted by Crippen LogP contribution is -2.34. The fourth-order valence-corrected chi connectivity index (χ4v) is 3.05. The van der Waals surface area contributed by atoms with E-state index in [1.165, 1.54) is 12.1 Å². The average molecular weight is 349 g/mol. The summed E-state index contributed by atoms with van der Waals surface area (Å²) in [6, 6.07) is 10.1. The lowest BCUT2D eigenvalue weighted by atomic mass is 10.00. The quantitative estimate of drug-likeness (QED) is 0.842. The summed E-state index contributed by atoms with van der Waals surface area (Å²) < 4.78 is 13.8. The number of fused-ring (bicyclic) bond motifs is 1. The summed E-state index contributed by atoms with van der Waals surface area (Å²) in [5.41, 5.74) is 9.34. The highest BCUT2D eigenvalue weighted by Crippen LogP contribution is 2.32. The minimum Gasteiger partial charge on any atom is -0.399 e. The zero-order valence-corrected chi connectivity index (χ0v) is 12.9. The Morgan fingerprint density at radius 2 is 2.00 bits per heavy atom. The summed E-state index contributed by atoms with van der Waals surface area (Å²) in [5, 5.41) is 0. The van der Waals surface area contributed by atoms with E-state index in [-0.39, 0.29) is 11.7 Å². The maximum absolute atomic E-state index is 13.2. The van der Waals surface area contributed by atoms with Crippen molar-refractivity contribution in [3.05, 3.63) is 57.8 Å². The number of benzene rings is 2. The van der Waals surface area contributed by atoms with Crippen LogP contribution in [0.1, 0.15) is 17.5 Å². The first-order valence-corrected chi connectivity index (χ1v) is 7.46. The molecule has 0 bridgehead atoms. The van der Waals surface area contributed by atoms with Crippen LogP contribution in [0.4, 0.5) is 15.8 Å². The van der Waals surface area contributed by atoms with Crippen LogP contribution in [0.3, 0.4) is 0 Å². The molecule has 1 heterocycles. The maximum Gasteiger partial charge on any atom is 0.227 e. The minimum atomic E-state index is -0.302. The number of nitrogens with two attached hydrogens (primary N) is 1. The first-order chi connectivity index (χ1) is 10.0. The molecule has 0 spiro atoms. The number of halogens is 2. The van der Waals surface area contributed by atoms with Gasteiger partial charge in [0.15, 0.2) is 0 Å². The van der Waals surface area contributed by atoms with Crippen LogP contribution in [0.25, 0.3) is 0 Å². The number of carbonyl (C=O) groups is 1. The van der Waals surface area contributed by atoms with Crippen LogP contribution in [0.15, 0.2) is 40.9 Å². The number of anilines is 2. The molecule has 5 heteroatoms. The van der Waals surface area contributed by atoms with Crippen molar-refractivity contribution >= 4 is 33.2 Å². The lowest BCUT2D eigenvalue weighted by Gasteiger charge is -2.30. The van der Waals surface area contributed by atoms with E-state index in [9.17, 15) is 9.18 Å². The monoisotopic (exact) mass is 348 g/mol. The predicted octanol–water partition coefficient (Wildman–Crippen LogP) is 3.65. The van der Waals surface area contributed by atoms with E-state index >= 15 is 0 Å². The number of hydrogen-bond acceptors (Lipinski definition) is 2. The zero-order chi connectivity index (χ0) is 15.0. The van der Waals surface area contributed by atoms with Crippen molar-refractivity contribution in [1.82, 2.24) is 0 Å². The van der Waals surface area contributed by atoms with E-state index < -0.39 is 0 Å². The molecule has 2 N–H and O–H groups in total. The molecule has 3 nitrogen and oxygen atoms in total. The molecule has 0 aromatic heterocycles. The van der Waals surface area contributed by atoms with Gasteiger partial charge in [-0.3, -0.25) is 4.79 Å². The highest BCUT2D eigenvalue weighted by atomic mass is 79.9. The maximum atomic E-state index is 13.2. The number of aryl methyl sites for hydroxylation is 1.